The van der Waals surface area contributed by atoms with Crippen molar-refractivity contribution in [2.45, 2.75) is 85.2 Å². The SMILES string of the molecule is OC[C@H]1OC(O)(O)[C@@](O)(C2CCCCN2[C@@]2(O)[C@@H](O)[C@H](O)[C@@H](CO)OC2(O)O)[C@@H](O)[C@@H]1O. The monoisotopic (exact) mass is 473 g/mol. The van der Waals surface area contributed by atoms with Crippen LogP contribution in [-0.4, -0.2) is 152 Å². The van der Waals surface area contributed by atoms with Gasteiger partial charge in [0.2, 0.25) is 5.72 Å². The highest BCUT2D eigenvalue weighted by Gasteiger charge is 2.73. The van der Waals surface area contributed by atoms with E-state index in [1.54, 1.807) is 0 Å². The molecule has 32 heavy (non-hydrogen) atoms. The van der Waals surface area contributed by atoms with Gasteiger partial charge in [0.15, 0.2) is 5.60 Å². The van der Waals surface area contributed by atoms with Crippen LogP contribution < -0.4 is 0 Å². The Labute approximate surface area is 181 Å². The van der Waals surface area contributed by atoms with Crippen LogP contribution in [0.15, 0.2) is 0 Å². The normalized spacial score (nSPS) is 49.7. The summed E-state index contributed by atoms with van der Waals surface area (Å²) in [5.74, 6) is -7.29. The molecule has 0 aromatic carbocycles. The lowest BCUT2D eigenvalue weighted by Crippen LogP contribution is -2.85. The van der Waals surface area contributed by atoms with Crippen molar-refractivity contribution in [3.63, 3.8) is 0 Å². The summed E-state index contributed by atoms with van der Waals surface area (Å²) in [4.78, 5) is 0.595. The summed E-state index contributed by atoms with van der Waals surface area (Å²) >= 11 is 0. The van der Waals surface area contributed by atoms with E-state index in [0.717, 1.165) is 0 Å². The van der Waals surface area contributed by atoms with E-state index >= 15 is 0 Å². The van der Waals surface area contributed by atoms with Crippen molar-refractivity contribution in [2.24, 2.45) is 0 Å². The highest BCUT2D eigenvalue weighted by atomic mass is 16.8. The molecule has 1 unspecified atom stereocenters. The van der Waals surface area contributed by atoms with Crippen LogP contribution in [0.5, 0.6) is 0 Å². The Hall–Kier alpha value is -0.600. The van der Waals surface area contributed by atoms with Crippen LogP contribution in [-0.2, 0) is 9.47 Å². The van der Waals surface area contributed by atoms with E-state index in [0.29, 0.717) is 4.90 Å². The fourth-order valence-electron chi connectivity index (χ4n) is 4.89. The molecule has 0 aromatic heterocycles. The summed E-state index contributed by atoms with van der Waals surface area (Å²) in [5.41, 5.74) is -6.56. The molecule has 0 saturated carbocycles. The van der Waals surface area contributed by atoms with Crippen LogP contribution in [0.2, 0.25) is 0 Å². The van der Waals surface area contributed by atoms with Gasteiger partial charge in [0, 0.05) is 6.54 Å². The van der Waals surface area contributed by atoms with Crippen molar-refractivity contribution in [1.82, 2.24) is 4.90 Å². The number of hydrogen-bond acceptors (Lipinski definition) is 15. The summed E-state index contributed by atoms with van der Waals surface area (Å²) < 4.78 is 9.52. The molecule has 3 saturated heterocycles. The number of nitrogens with zero attached hydrogens (tertiary/aromatic N) is 1. The van der Waals surface area contributed by atoms with Crippen molar-refractivity contribution < 1.29 is 70.8 Å². The zero-order valence-electron chi connectivity index (χ0n) is 16.9. The molecular weight excluding hydrogens is 442 g/mol. The minimum Gasteiger partial charge on any atom is -0.394 e. The average molecular weight is 473 g/mol. The topological polar surface area (TPSA) is 264 Å². The first kappa shape index (κ1) is 26.0. The third-order valence-corrected chi connectivity index (χ3v) is 6.71. The Bertz CT molecular complexity index is 624. The Morgan fingerprint density at radius 2 is 1.22 bits per heavy atom. The second-order valence-electron chi connectivity index (χ2n) is 8.52. The van der Waals surface area contributed by atoms with Gasteiger partial charge in [-0.1, -0.05) is 6.42 Å². The number of aliphatic hydroxyl groups excluding tert-OH is 6. The van der Waals surface area contributed by atoms with Gasteiger partial charge >= 0.3 is 11.9 Å². The second-order valence-corrected chi connectivity index (χ2v) is 8.52. The van der Waals surface area contributed by atoms with Crippen molar-refractivity contribution >= 4 is 0 Å². The molecule has 3 aliphatic rings. The minimum atomic E-state index is -3.66. The third-order valence-electron chi connectivity index (χ3n) is 6.71. The van der Waals surface area contributed by atoms with Gasteiger partial charge in [0.05, 0.1) is 19.3 Å². The minimum absolute atomic E-state index is 0.208. The molecule has 0 aromatic rings. The van der Waals surface area contributed by atoms with E-state index < -0.39 is 79.2 Å². The van der Waals surface area contributed by atoms with Crippen molar-refractivity contribution in [3.8, 4) is 0 Å². The van der Waals surface area contributed by atoms with E-state index in [2.05, 4.69) is 0 Å². The summed E-state index contributed by atoms with van der Waals surface area (Å²) in [6.45, 7) is -2.29. The van der Waals surface area contributed by atoms with E-state index in [9.17, 15) is 61.3 Å². The van der Waals surface area contributed by atoms with Crippen LogP contribution >= 0.6 is 0 Å². The zero-order chi connectivity index (χ0) is 24.3. The molecule has 15 heteroatoms. The third kappa shape index (κ3) is 3.49. The first-order valence-electron chi connectivity index (χ1n) is 10.1. The van der Waals surface area contributed by atoms with Crippen LogP contribution in [0.25, 0.3) is 0 Å². The molecule has 12 N–H and O–H groups in total. The molecule has 3 fully saturated rings. The molecule has 0 aliphatic carbocycles. The highest BCUT2D eigenvalue weighted by molar-refractivity contribution is 5.14. The number of hydrogen-bond donors (Lipinski definition) is 12. The first-order valence-corrected chi connectivity index (χ1v) is 10.1. The molecular formula is C17H31NO14. The van der Waals surface area contributed by atoms with Gasteiger partial charge in [0.25, 0.3) is 0 Å². The van der Waals surface area contributed by atoms with Gasteiger partial charge < -0.3 is 70.8 Å². The molecule has 188 valence electrons. The van der Waals surface area contributed by atoms with Crippen molar-refractivity contribution in [2.75, 3.05) is 19.8 Å². The maximum Gasteiger partial charge on any atom is 0.326 e. The number of rotatable bonds is 4. The van der Waals surface area contributed by atoms with Crippen LogP contribution in [0.3, 0.4) is 0 Å². The molecule has 9 atom stereocenters. The number of likely N-dealkylation sites (tertiary alicyclic amines) is 1. The summed E-state index contributed by atoms with van der Waals surface area (Å²) in [6.07, 6.45) is -12.2. The lowest BCUT2D eigenvalue weighted by atomic mass is 9.73. The van der Waals surface area contributed by atoms with Crippen LogP contribution in [0, 0.1) is 0 Å². The van der Waals surface area contributed by atoms with E-state index in [1.165, 1.54) is 0 Å². The van der Waals surface area contributed by atoms with Crippen molar-refractivity contribution in [1.29, 1.82) is 0 Å². The van der Waals surface area contributed by atoms with Crippen LogP contribution in [0.4, 0.5) is 0 Å². The zero-order valence-corrected chi connectivity index (χ0v) is 16.9. The molecule has 3 heterocycles. The Morgan fingerprint density at radius 1 is 0.719 bits per heavy atom. The van der Waals surface area contributed by atoms with Crippen molar-refractivity contribution in [3.05, 3.63) is 0 Å². The maximum atomic E-state index is 11.3. The van der Waals surface area contributed by atoms with Gasteiger partial charge in [-0.15, -0.1) is 0 Å². The molecule has 15 nitrogen and oxygen atoms in total. The lowest BCUT2D eigenvalue weighted by molar-refractivity contribution is -0.515. The van der Waals surface area contributed by atoms with E-state index in [-0.39, 0.29) is 25.8 Å². The quantitative estimate of drug-likeness (QED) is 0.169. The lowest BCUT2D eigenvalue weighted by Gasteiger charge is -2.61. The largest absolute Gasteiger partial charge is 0.394 e. The predicted molar refractivity (Wildman–Crippen MR) is 96.5 cm³/mol. The first-order chi connectivity index (χ1) is 14.7. The average Bonchev–Trinajstić information content (AvgIpc) is 2.76. The number of aliphatic hydroxyl groups is 12. The molecule has 0 radical (unpaired) electrons. The molecule has 0 bridgehead atoms. The summed E-state index contributed by atoms with van der Waals surface area (Å²) in [5, 5.41) is 124. The predicted octanol–water partition coefficient (Wildman–Crippen LogP) is -7.24. The molecule has 0 spiro atoms. The number of ether oxygens (including phenoxy) is 2. The fourth-order valence-corrected chi connectivity index (χ4v) is 4.89. The summed E-state index contributed by atoms with van der Waals surface area (Å²) in [6, 6.07) is -1.84. The Balaban J connectivity index is 2.09. The summed E-state index contributed by atoms with van der Waals surface area (Å²) in [7, 11) is 0. The maximum absolute atomic E-state index is 11.3. The molecule has 3 rings (SSSR count). The number of piperidine rings is 1. The van der Waals surface area contributed by atoms with Gasteiger partial charge in [0.1, 0.15) is 36.6 Å². The smallest absolute Gasteiger partial charge is 0.326 e. The molecule has 0 amide bonds. The fraction of sp³-hybridized carbons (Fsp3) is 1.00. The Kier molecular flexibility index (Phi) is 6.96. The van der Waals surface area contributed by atoms with Gasteiger partial charge in [-0.05, 0) is 12.8 Å². The van der Waals surface area contributed by atoms with Gasteiger partial charge in [-0.2, -0.15) is 0 Å². The van der Waals surface area contributed by atoms with E-state index in [1.807, 2.05) is 0 Å². The Morgan fingerprint density at radius 3 is 1.75 bits per heavy atom. The molecule has 3 aliphatic heterocycles. The standard InChI is InChI=1S/C17H31NO14/c19-5-7-10(21)12(23)14(25,16(27,28)31-7)9-3-1-2-4-18(9)15(26)13(24)11(22)8(6-20)32-17(15,29)30/h7-13,19-30H,1-6H2/t7-,8-,9?,10-,11-,12+,13+,14-,15-/m1/s1. The second kappa shape index (κ2) is 8.56. The highest BCUT2D eigenvalue weighted by Crippen LogP contribution is 2.47. The van der Waals surface area contributed by atoms with E-state index in [4.69, 9.17) is 9.47 Å². The van der Waals surface area contributed by atoms with Gasteiger partial charge in [-0.3, -0.25) is 4.90 Å². The van der Waals surface area contributed by atoms with Gasteiger partial charge in [-0.25, -0.2) is 0 Å². The van der Waals surface area contributed by atoms with Crippen LogP contribution in [0.1, 0.15) is 19.3 Å².